The van der Waals surface area contributed by atoms with Gasteiger partial charge in [0.25, 0.3) is 0 Å². The number of benzene rings is 1. The number of hydrogen-bond acceptors (Lipinski definition) is 4. The Morgan fingerprint density at radius 3 is 2.62 bits per heavy atom. The van der Waals surface area contributed by atoms with E-state index in [1.807, 2.05) is 37.3 Å². The Kier molecular flexibility index (Phi) is 5.14. The minimum absolute atomic E-state index is 0.289. The van der Waals surface area contributed by atoms with Gasteiger partial charge in [-0.2, -0.15) is 0 Å². The highest BCUT2D eigenvalue weighted by Crippen LogP contribution is 2.25. The molecule has 0 aliphatic heterocycles. The van der Waals surface area contributed by atoms with Crippen LogP contribution in [0, 0.1) is 0 Å². The van der Waals surface area contributed by atoms with Gasteiger partial charge in [-0.3, -0.25) is 0 Å². The number of anilines is 1. The van der Waals surface area contributed by atoms with Crippen molar-refractivity contribution in [2.75, 3.05) is 18.5 Å². The first-order valence-electron chi connectivity index (χ1n) is 7.50. The lowest BCUT2D eigenvalue weighted by Crippen LogP contribution is -2.05. The Balaban J connectivity index is 2.44. The van der Waals surface area contributed by atoms with Gasteiger partial charge in [0.1, 0.15) is 17.4 Å². The van der Waals surface area contributed by atoms with Crippen LogP contribution in [0.2, 0.25) is 0 Å². The summed E-state index contributed by atoms with van der Waals surface area (Å²) in [5.74, 6) is 2.88. The highest BCUT2D eigenvalue weighted by molar-refractivity contribution is 5.64. The first kappa shape index (κ1) is 15.3. The molecule has 1 N–H and O–H groups in total. The minimum atomic E-state index is 0.289. The quantitative estimate of drug-likeness (QED) is 0.868. The molecule has 0 aliphatic rings. The van der Waals surface area contributed by atoms with Crippen molar-refractivity contribution >= 4 is 5.82 Å². The fourth-order valence-electron chi connectivity index (χ4n) is 2.06. The molecule has 1 heterocycles. The smallest absolute Gasteiger partial charge is 0.133 e. The van der Waals surface area contributed by atoms with Crippen LogP contribution in [-0.4, -0.2) is 23.1 Å². The maximum atomic E-state index is 5.56. The monoisotopic (exact) mass is 285 g/mol. The molecule has 0 bridgehead atoms. The second-order valence-electron chi connectivity index (χ2n) is 5.14. The van der Waals surface area contributed by atoms with E-state index < -0.39 is 0 Å². The van der Waals surface area contributed by atoms with E-state index in [1.165, 1.54) is 0 Å². The van der Waals surface area contributed by atoms with E-state index in [-0.39, 0.29) is 5.92 Å². The van der Waals surface area contributed by atoms with Crippen LogP contribution in [0.1, 0.15) is 39.4 Å². The molecule has 0 saturated carbocycles. The van der Waals surface area contributed by atoms with Gasteiger partial charge in [-0.15, -0.1) is 0 Å². The van der Waals surface area contributed by atoms with Crippen LogP contribution in [0.3, 0.4) is 0 Å². The first-order valence-corrected chi connectivity index (χ1v) is 7.50. The normalized spacial score (nSPS) is 10.7. The van der Waals surface area contributed by atoms with Crippen molar-refractivity contribution in [1.82, 2.24) is 9.97 Å². The molecule has 1 aromatic heterocycles. The third kappa shape index (κ3) is 3.94. The van der Waals surface area contributed by atoms with Crippen molar-refractivity contribution in [2.45, 2.75) is 33.6 Å². The highest BCUT2D eigenvalue weighted by Gasteiger charge is 2.10. The molecule has 2 rings (SSSR count). The van der Waals surface area contributed by atoms with Gasteiger partial charge < -0.3 is 10.1 Å². The molecule has 0 unspecified atom stereocenters. The number of aromatic nitrogens is 2. The molecule has 1 aromatic carbocycles. The summed E-state index contributed by atoms with van der Waals surface area (Å²) < 4.78 is 5.56. The largest absolute Gasteiger partial charge is 0.494 e. The molecule has 112 valence electrons. The van der Waals surface area contributed by atoms with Gasteiger partial charge in [0, 0.05) is 24.1 Å². The molecule has 0 amide bonds. The number of ether oxygens (including phenoxy) is 1. The third-order valence-electron chi connectivity index (χ3n) is 3.06. The van der Waals surface area contributed by atoms with Crippen molar-refractivity contribution in [3.8, 4) is 17.0 Å². The molecule has 0 atom stereocenters. The number of nitrogens with one attached hydrogen (secondary N) is 1. The van der Waals surface area contributed by atoms with Crippen LogP contribution in [0.15, 0.2) is 30.3 Å². The number of nitrogens with zero attached hydrogens (tertiary/aromatic N) is 2. The highest BCUT2D eigenvalue weighted by atomic mass is 16.5. The van der Waals surface area contributed by atoms with E-state index in [0.29, 0.717) is 6.61 Å². The first-order chi connectivity index (χ1) is 10.1. The van der Waals surface area contributed by atoms with Crippen LogP contribution in [-0.2, 0) is 0 Å². The molecule has 0 fully saturated rings. The minimum Gasteiger partial charge on any atom is -0.494 e. The zero-order chi connectivity index (χ0) is 15.2. The summed E-state index contributed by atoms with van der Waals surface area (Å²) in [7, 11) is 0. The second kappa shape index (κ2) is 7.07. The number of hydrogen-bond donors (Lipinski definition) is 1. The van der Waals surface area contributed by atoms with Gasteiger partial charge in [0.05, 0.1) is 12.3 Å². The van der Waals surface area contributed by atoms with Crippen molar-refractivity contribution in [1.29, 1.82) is 0 Å². The average molecular weight is 285 g/mol. The average Bonchev–Trinajstić information content (AvgIpc) is 2.48. The zero-order valence-corrected chi connectivity index (χ0v) is 13.2. The van der Waals surface area contributed by atoms with E-state index in [1.54, 1.807) is 0 Å². The summed E-state index contributed by atoms with van der Waals surface area (Å²) in [6.45, 7) is 9.75. The molecule has 0 spiro atoms. The summed E-state index contributed by atoms with van der Waals surface area (Å²) in [4.78, 5) is 9.23. The Bertz CT molecular complexity index is 596. The third-order valence-corrected chi connectivity index (χ3v) is 3.06. The fraction of sp³-hybridized carbons (Fsp3) is 0.412. The van der Waals surface area contributed by atoms with Gasteiger partial charge in [0.15, 0.2) is 0 Å². The van der Waals surface area contributed by atoms with Gasteiger partial charge in [-0.1, -0.05) is 26.0 Å². The van der Waals surface area contributed by atoms with Crippen LogP contribution >= 0.6 is 0 Å². The summed E-state index contributed by atoms with van der Waals surface area (Å²) in [5, 5.41) is 3.27. The maximum absolute atomic E-state index is 5.56. The summed E-state index contributed by atoms with van der Waals surface area (Å²) in [5.41, 5.74) is 1.97. The van der Waals surface area contributed by atoms with Crippen molar-refractivity contribution < 1.29 is 4.74 Å². The molecule has 4 heteroatoms. The van der Waals surface area contributed by atoms with Gasteiger partial charge in [0.2, 0.25) is 0 Å². The van der Waals surface area contributed by atoms with Crippen LogP contribution < -0.4 is 10.1 Å². The van der Waals surface area contributed by atoms with Gasteiger partial charge >= 0.3 is 0 Å². The van der Waals surface area contributed by atoms with E-state index >= 15 is 0 Å². The van der Waals surface area contributed by atoms with Crippen molar-refractivity contribution in [3.05, 3.63) is 36.2 Å². The second-order valence-corrected chi connectivity index (χ2v) is 5.14. The lowest BCUT2D eigenvalue weighted by Gasteiger charge is -2.12. The molecule has 4 nitrogen and oxygen atoms in total. The van der Waals surface area contributed by atoms with E-state index in [9.17, 15) is 0 Å². The van der Waals surface area contributed by atoms with E-state index in [2.05, 4.69) is 36.1 Å². The topological polar surface area (TPSA) is 47.0 Å². The predicted molar refractivity (Wildman–Crippen MR) is 86.9 cm³/mol. The van der Waals surface area contributed by atoms with Gasteiger partial charge in [-0.25, -0.2) is 9.97 Å². The molecule has 0 radical (unpaired) electrons. The summed E-state index contributed by atoms with van der Waals surface area (Å²) >= 11 is 0. The molecule has 0 aliphatic carbocycles. The SMILES string of the molecule is CCNc1cc(-c2cccc(OCC)c2)nc(C(C)C)n1. The van der Waals surface area contributed by atoms with Crippen LogP contribution in [0.4, 0.5) is 5.82 Å². The van der Waals surface area contributed by atoms with E-state index in [4.69, 9.17) is 4.74 Å². The summed E-state index contributed by atoms with van der Waals surface area (Å²) in [6, 6.07) is 10.0. The fourth-order valence-corrected chi connectivity index (χ4v) is 2.06. The molecule has 0 saturated heterocycles. The molecular formula is C17H23N3O. The summed E-state index contributed by atoms with van der Waals surface area (Å²) in [6.07, 6.45) is 0. The maximum Gasteiger partial charge on any atom is 0.133 e. The Morgan fingerprint density at radius 2 is 1.95 bits per heavy atom. The van der Waals surface area contributed by atoms with Crippen LogP contribution in [0.25, 0.3) is 11.3 Å². The number of rotatable bonds is 6. The molecule has 2 aromatic rings. The molecule has 21 heavy (non-hydrogen) atoms. The molecular weight excluding hydrogens is 262 g/mol. The zero-order valence-electron chi connectivity index (χ0n) is 13.2. The Morgan fingerprint density at radius 1 is 1.14 bits per heavy atom. The Hall–Kier alpha value is -2.10. The van der Waals surface area contributed by atoms with Gasteiger partial charge in [-0.05, 0) is 26.0 Å². The van der Waals surface area contributed by atoms with Crippen LogP contribution in [0.5, 0.6) is 5.75 Å². The predicted octanol–water partition coefficient (Wildman–Crippen LogP) is 4.10. The lowest BCUT2D eigenvalue weighted by atomic mass is 10.1. The van der Waals surface area contributed by atoms with E-state index in [0.717, 1.165) is 35.2 Å². The Labute approximate surface area is 126 Å². The standard InChI is InChI=1S/C17H23N3O/c1-5-18-16-11-15(19-17(20-16)12(3)4)13-8-7-9-14(10-13)21-6-2/h7-12H,5-6H2,1-4H3,(H,18,19,20). The van der Waals surface area contributed by atoms with Crippen molar-refractivity contribution in [3.63, 3.8) is 0 Å². The lowest BCUT2D eigenvalue weighted by molar-refractivity contribution is 0.340. The van der Waals surface area contributed by atoms with Crippen molar-refractivity contribution in [2.24, 2.45) is 0 Å².